The number of nitrogens with zero attached hydrogens (tertiary/aromatic N) is 4. The van der Waals surface area contributed by atoms with E-state index in [-0.39, 0.29) is 18.1 Å². The van der Waals surface area contributed by atoms with Crippen molar-refractivity contribution in [2.75, 3.05) is 32.9 Å². The summed E-state index contributed by atoms with van der Waals surface area (Å²) in [4.78, 5) is 23.3. The number of hydrogen-bond donors (Lipinski definition) is 3. The van der Waals surface area contributed by atoms with E-state index in [9.17, 15) is 4.79 Å². The first-order valence-electron chi connectivity index (χ1n) is 13.5. The molecule has 2 aromatic carbocycles. The number of carbonyl (C=O) groups excluding carboxylic acids is 1. The van der Waals surface area contributed by atoms with Crippen LogP contribution in [0.2, 0.25) is 0 Å². The van der Waals surface area contributed by atoms with Crippen LogP contribution in [-0.4, -0.2) is 58.7 Å². The Balaban J connectivity index is 1.30. The SMILES string of the molecule is CN(C)CCNC(=O)NC1CCC(n2cc(-c3cccc(OCc4ccccc4)c3)c3c(N)ncnc32)CC1. The van der Waals surface area contributed by atoms with E-state index < -0.39 is 0 Å². The lowest BCUT2D eigenvalue weighted by Gasteiger charge is -2.30. The molecule has 2 aromatic heterocycles. The Labute approximate surface area is 229 Å². The van der Waals surface area contributed by atoms with Gasteiger partial charge in [0, 0.05) is 36.9 Å². The van der Waals surface area contributed by atoms with Crippen molar-refractivity contribution in [2.24, 2.45) is 0 Å². The number of nitrogens with one attached hydrogen (secondary N) is 2. The maximum absolute atomic E-state index is 12.3. The lowest BCUT2D eigenvalue weighted by molar-refractivity contribution is 0.226. The van der Waals surface area contributed by atoms with Gasteiger partial charge in [0.15, 0.2) is 0 Å². The smallest absolute Gasteiger partial charge is 0.315 e. The fourth-order valence-corrected chi connectivity index (χ4v) is 5.23. The zero-order chi connectivity index (χ0) is 27.2. The average molecular weight is 528 g/mol. The molecule has 0 aliphatic heterocycles. The molecule has 9 nitrogen and oxygen atoms in total. The van der Waals surface area contributed by atoms with E-state index in [0.717, 1.165) is 65.7 Å². The molecular weight excluding hydrogens is 490 g/mol. The van der Waals surface area contributed by atoms with E-state index in [2.05, 4.69) is 49.6 Å². The topological polar surface area (TPSA) is 110 Å². The maximum atomic E-state index is 12.3. The molecule has 5 rings (SSSR count). The molecule has 4 N–H and O–H groups in total. The van der Waals surface area contributed by atoms with Crippen molar-refractivity contribution in [3.63, 3.8) is 0 Å². The molecule has 0 saturated heterocycles. The zero-order valence-electron chi connectivity index (χ0n) is 22.6. The second-order valence-corrected chi connectivity index (χ2v) is 10.4. The van der Waals surface area contributed by atoms with E-state index in [0.29, 0.717) is 19.0 Å². The molecular formula is C30H37N7O2. The van der Waals surface area contributed by atoms with Gasteiger partial charge >= 0.3 is 6.03 Å². The van der Waals surface area contributed by atoms with Gasteiger partial charge in [-0.1, -0.05) is 42.5 Å². The maximum Gasteiger partial charge on any atom is 0.315 e. The normalized spacial score (nSPS) is 17.3. The van der Waals surface area contributed by atoms with Crippen molar-refractivity contribution in [3.05, 3.63) is 72.7 Å². The number of aromatic nitrogens is 3. The van der Waals surface area contributed by atoms with Gasteiger partial charge in [-0.05, 0) is 63.0 Å². The standard InChI is InChI=1S/C30H37N7O2/c1-36(2)16-15-32-30(38)35-23-11-13-24(14-12-23)37-18-26(27-28(31)33-20-34-29(27)37)22-9-6-10-25(17-22)39-19-21-7-4-3-5-8-21/h3-10,17-18,20,23-24H,11-16,19H2,1-2H3,(H2,31,33,34)(H2,32,35,38). The number of carbonyl (C=O) groups is 1. The Hall–Kier alpha value is -4.11. The molecule has 4 aromatic rings. The number of hydrogen-bond acceptors (Lipinski definition) is 6. The zero-order valence-corrected chi connectivity index (χ0v) is 22.6. The molecule has 1 aliphatic carbocycles. The van der Waals surface area contributed by atoms with E-state index >= 15 is 0 Å². The summed E-state index contributed by atoms with van der Waals surface area (Å²) >= 11 is 0. The first-order valence-corrected chi connectivity index (χ1v) is 13.5. The fraction of sp³-hybridized carbons (Fsp3) is 0.367. The van der Waals surface area contributed by atoms with Crippen molar-refractivity contribution >= 4 is 22.9 Å². The van der Waals surface area contributed by atoms with Gasteiger partial charge < -0.3 is 30.6 Å². The number of nitrogens with two attached hydrogens (primary N) is 1. The van der Waals surface area contributed by atoms with E-state index in [1.807, 2.05) is 55.4 Å². The van der Waals surface area contributed by atoms with Crippen LogP contribution in [-0.2, 0) is 6.61 Å². The molecule has 9 heteroatoms. The Morgan fingerprint density at radius 1 is 1.08 bits per heavy atom. The molecule has 1 aliphatic rings. The molecule has 0 spiro atoms. The minimum Gasteiger partial charge on any atom is -0.489 e. The molecule has 0 bridgehead atoms. The molecule has 0 radical (unpaired) electrons. The van der Waals surface area contributed by atoms with Gasteiger partial charge in [0.2, 0.25) is 0 Å². The highest BCUT2D eigenvalue weighted by Crippen LogP contribution is 2.38. The molecule has 204 valence electrons. The van der Waals surface area contributed by atoms with Gasteiger partial charge in [-0.15, -0.1) is 0 Å². The molecule has 0 atom stereocenters. The summed E-state index contributed by atoms with van der Waals surface area (Å²) in [6.07, 6.45) is 7.38. The lowest BCUT2D eigenvalue weighted by Crippen LogP contribution is -2.45. The van der Waals surface area contributed by atoms with Gasteiger partial charge in [0.05, 0.1) is 5.39 Å². The highest BCUT2D eigenvalue weighted by atomic mass is 16.5. The minimum atomic E-state index is -0.0936. The van der Waals surface area contributed by atoms with Crippen LogP contribution in [0.5, 0.6) is 5.75 Å². The Kier molecular flexibility index (Phi) is 8.27. The van der Waals surface area contributed by atoms with Crippen molar-refractivity contribution in [1.82, 2.24) is 30.1 Å². The van der Waals surface area contributed by atoms with Crippen LogP contribution in [0.1, 0.15) is 37.3 Å². The third-order valence-corrected chi connectivity index (χ3v) is 7.30. The van der Waals surface area contributed by atoms with Gasteiger partial charge in [-0.2, -0.15) is 0 Å². The number of ether oxygens (including phenoxy) is 1. The predicted molar refractivity (Wildman–Crippen MR) is 155 cm³/mol. The van der Waals surface area contributed by atoms with Gasteiger partial charge in [-0.25, -0.2) is 14.8 Å². The number of rotatable bonds is 9. The first-order chi connectivity index (χ1) is 19.0. The van der Waals surface area contributed by atoms with Crippen molar-refractivity contribution in [1.29, 1.82) is 0 Å². The fourth-order valence-electron chi connectivity index (χ4n) is 5.23. The Morgan fingerprint density at radius 2 is 1.87 bits per heavy atom. The second kappa shape index (κ2) is 12.2. The first kappa shape index (κ1) is 26.5. The third kappa shape index (κ3) is 6.49. The Morgan fingerprint density at radius 3 is 2.64 bits per heavy atom. The second-order valence-electron chi connectivity index (χ2n) is 10.4. The van der Waals surface area contributed by atoms with Gasteiger partial charge in [0.25, 0.3) is 0 Å². The van der Waals surface area contributed by atoms with Crippen LogP contribution < -0.4 is 21.1 Å². The molecule has 1 fully saturated rings. The van der Waals surface area contributed by atoms with Crippen LogP contribution in [0.4, 0.5) is 10.6 Å². The van der Waals surface area contributed by atoms with Crippen LogP contribution >= 0.6 is 0 Å². The summed E-state index contributed by atoms with van der Waals surface area (Å²) in [5.74, 6) is 1.26. The summed E-state index contributed by atoms with van der Waals surface area (Å²) in [7, 11) is 3.98. The molecule has 1 saturated carbocycles. The predicted octanol–water partition coefficient (Wildman–Crippen LogP) is 4.60. The van der Waals surface area contributed by atoms with Crippen LogP contribution in [0, 0.1) is 0 Å². The highest BCUT2D eigenvalue weighted by Gasteiger charge is 2.26. The third-order valence-electron chi connectivity index (χ3n) is 7.30. The van der Waals surface area contributed by atoms with E-state index in [4.69, 9.17) is 10.5 Å². The Bertz CT molecular complexity index is 1400. The van der Waals surface area contributed by atoms with Gasteiger partial charge in [-0.3, -0.25) is 0 Å². The number of nitrogen functional groups attached to an aromatic ring is 1. The van der Waals surface area contributed by atoms with Crippen molar-refractivity contribution in [3.8, 4) is 16.9 Å². The van der Waals surface area contributed by atoms with Crippen molar-refractivity contribution < 1.29 is 9.53 Å². The minimum absolute atomic E-state index is 0.0936. The van der Waals surface area contributed by atoms with Crippen LogP contribution in [0.25, 0.3) is 22.2 Å². The number of fused-ring (bicyclic) bond motifs is 1. The summed E-state index contributed by atoms with van der Waals surface area (Å²) in [5, 5.41) is 6.93. The van der Waals surface area contributed by atoms with Gasteiger partial charge in [0.1, 0.15) is 30.1 Å². The average Bonchev–Trinajstić information content (AvgIpc) is 3.34. The molecule has 0 unspecified atom stereocenters. The number of benzene rings is 2. The van der Waals surface area contributed by atoms with Crippen LogP contribution in [0.15, 0.2) is 67.1 Å². The number of amides is 2. The largest absolute Gasteiger partial charge is 0.489 e. The molecule has 2 heterocycles. The van der Waals surface area contributed by atoms with E-state index in [1.165, 1.54) is 6.33 Å². The quantitative estimate of drug-likeness (QED) is 0.293. The number of urea groups is 1. The molecule has 2 amide bonds. The monoisotopic (exact) mass is 527 g/mol. The van der Waals surface area contributed by atoms with Crippen LogP contribution in [0.3, 0.4) is 0 Å². The highest BCUT2D eigenvalue weighted by molar-refractivity contribution is 6.00. The number of anilines is 1. The summed E-state index contributed by atoms with van der Waals surface area (Å²) in [5.41, 5.74) is 10.4. The molecule has 39 heavy (non-hydrogen) atoms. The lowest BCUT2D eigenvalue weighted by atomic mass is 9.91. The summed E-state index contributed by atoms with van der Waals surface area (Å²) in [6, 6.07) is 18.5. The van der Waals surface area contributed by atoms with E-state index in [1.54, 1.807) is 0 Å². The number of likely N-dealkylation sites (N-methyl/N-ethyl adjacent to an activating group) is 1. The summed E-state index contributed by atoms with van der Waals surface area (Å²) < 4.78 is 8.33. The summed E-state index contributed by atoms with van der Waals surface area (Å²) in [6.45, 7) is 1.95. The van der Waals surface area contributed by atoms with Crippen molar-refractivity contribution in [2.45, 2.75) is 44.4 Å².